The SMILES string of the molecule is Cc1cc(C#Cc2ccc(Cl)cc2)ccc1OCCNCc1ccc(CNc2ccccc2)cc1. The van der Waals surface area contributed by atoms with E-state index in [2.05, 4.69) is 64.9 Å². The Kier molecular flexibility index (Phi) is 8.84. The summed E-state index contributed by atoms with van der Waals surface area (Å²) in [6, 6.07) is 32.5. The molecule has 0 aliphatic heterocycles. The number of rotatable bonds is 9. The zero-order valence-corrected chi connectivity index (χ0v) is 20.6. The van der Waals surface area contributed by atoms with Gasteiger partial charge in [0.25, 0.3) is 0 Å². The van der Waals surface area contributed by atoms with Crippen LogP contribution in [0.15, 0.2) is 97.1 Å². The average Bonchev–Trinajstić information content (AvgIpc) is 2.89. The van der Waals surface area contributed by atoms with Crippen LogP contribution >= 0.6 is 11.6 Å². The molecule has 4 aromatic rings. The predicted octanol–water partition coefficient (Wildman–Crippen LogP) is 6.83. The van der Waals surface area contributed by atoms with E-state index in [4.69, 9.17) is 16.3 Å². The lowest BCUT2D eigenvalue weighted by molar-refractivity contribution is 0.311. The highest BCUT2D eigenvalue weighted by Gasteiger charge is 2.01. The number of halogens is 1. The van der Waals surface area contributed by atoms with Crippen LogP contribution in [0.4, 0.5) is 5.69 Å². The first-order valence-corrected chi connectivity index (χ1v) is 12.1. The topological polar surface area (TPSA) is 33.3 Å². The van der Waals surface area contributed by atoms with E-state index in [1.54, 1.807) is 0 Å². The number of nitrogens with one attached hydrogen (secondary N) is 2. The Morgan fingerprint density at radius 3 is 2.11 bits per heavy atom. The molecule has 0 aromatic heterocycles. The normalized spacial score (nSPS) is 10.3. The fourth-order valence-electron chi connectivity index (χ4n) is 3.57. The number of hydrogen-bond acceptors (Lipinski definition) is 3. The number of benzene rings is 4. The maximum atomic E-state index is 5.97. The second kappa shape index (κ2) is 12.7. The van der Waals surface area contributed by atoms with E-state index in [0.717, 1.165) is 47.8 Å². The number of aryl methyl sites for hydroxylation is 1. The summed E-state index contributed by atoms with van der Waals surface area (Å²) in [5.41, 5.74) is 6.63. The minimum Gasteiger partial charge on any atom is -0.492 e. The van der Waals surface area contributed by atoms with E-state index in [-0.39, 0.29) is 0 Å². The summed E-state index contributed by atoms with van der Waals surface area (Å²) in [7, 11) is 0. The van der Waals surface area contributed by atoms with Gasteiger partial charge in [-0.1, -0.05) is 65.9 Å². The standard InChI is InChI=1S/C31H29ClN2O/c1-24-21-26(8-7-25-13-16-29(32)17-14-25)15-18-31(24)35-20-19-33-22-27-9-11-28(12-10-27)23-34-30-5-3-2-4-6-30/h2-6,9-18,21,33-34H,19-20,22-23H2,1H3. The van der Waals surface area contributed by atoms with Crippen molar-refractivity contribution in [1.82, 2.24) is 5.32 Å². The van der Waals surface area contributed by atoms with Gasteiger partial charge in [0.05, 0.1) is 0 Å². The largest absolute Gasteiger partial charge is 0.492 e. The second-order valence-corrected chi connectivity index (χ2v) is 8.73. The smallest absolute Gasteiger partial charge is 0.122 e. The van der Waals surface area contributed by atoms with Gasteiger partial charge in [0.2, 0.25) is 0 Å². The van der Waals surface area contributed by atoms with Gasteiger partial charge in [-0.15, -0.1) is 0 Å². The van der Waals surface area contributed by atoms with Crippen LogP contribution in [0.1, 0.15) is 27.8 Å². The highest BCUT2D eigenvalue weighted by Crippen LogP contribution is 2.19. The summed E-state index contributed by atoms with van der Waals surface area (Å²) in [6.07, 6.45) is 0. The molecule has 0 radical (unpaired) electrons. The Morgan fingerprint density at radius 2 is 1.40 bits per heavy atom. The molecule has 0 amide bonds. The minimum absolute atomic E-state index is 0.607. The van der Waals surface area contributed by atoms with Crippen LogP contribution in [0, 0.1) is 18.8 Å². The van der Waals surface area contributed by atoms with Crippen LogP contribution in [-0.2, 0) is 13.1 Å². The molecule has 0 aliphatic carbocycles. The first-order chi connectivity index (χ1) is 17.2. The van der Waals surface area contributed by atoms with Gasteiger partial charge >= 0.3 is 0 Å². The molecule has 0 bridgehead atoms. The van der Waals surface area contributed by atoms with E-state index in [0.29, 0.717) is 11.6 Å². The van der Waals surface area contributed by atoms with Gasteiger partial charge < -0.3 is 15.4 Å². The average molecular weight is 481 g/mol. The Labute approximate surface area is 213 Å². The molecule has 0 unspecified atom stereocenters. The van der Waals surface area contributed by atoms with Gasteiger partial charge in [-0.3, -0.25) is 0 Å². The second-order valence-electron chi connectivity index (χ2n) is 8.30. The van der Waals surface area contributed by atoms with E-state index in [1.165, 1.54) is 11.1 Å². The summed E-state index contributed by atoms with van der Waals surface area (Å²) in [5, 5.41) is 7.60. The lowest BCUT2D eigenvalue weighted by atomic mass is 10.1. The molecule has 0 spiro atoms. The molecule has 0 fully saturated rings. The highest BCUT2D eigenvalue weighted by molar-refractivity contribution is 6.30. The monoisotopic (exact) mass is 480 g/mol. The molecule has 35 heavy (non-hydrogen) atoms. The van der Waals surface area contributed by atoms with Crippen molar-refractivity contribution in [2.24, 2.45) is 0 Å². The molecule has 0 heterocycles. The van der Waals surface area contributed by atoms with Gasteiger partial charge in [-0.25, -0.2) is 0 Å². The Morgan fingerprint density at radius 1 is 0.743 bits per heavy atom. The molecule has 0 aliphatic rings. The molecule has 3 nitrogen and oxygen atoms in total. The molecule has 0 saturated carbocycles. The molecule has 0 saturated heterocycles. The lowest BCUT2D eigenvalue weighted by Crippen LogP contribution is -2.20. The first kappa shape index (κ1) is 24.4. The van der Waals surface area contributed by atoms with Crippen LogP contribution < -0.4 is 15.4 Å². The van der Waals surface area contributed by atoms with Gasteiger partial charge in [0.15, 0.2) is 0 Å². The van der Waals surface area contributed by atoms with E-state index in [9.17, 15) is 0 Å². The lowest BCUT2D eigenvalue weighted by Gasteiger charge is -2.11. The van der Waals surface area contributed by atoms with Crippen LogP contribution in [0.25, 0.3) is 0 Å². The van der Waals surface area contributed by atoms with Crippen LogP contribution in [0.3, 0.4) is 0 Å². The van der Waals surface area contributed by atoms with Crippen molar-refractivity contribution in [3.63, 3.8) is 0 Å². The van der Waals surface area contributed by atoms with Crippen LogP contribution in [-0.4, -0.2) is 13.2 Å². The third kappa shape index (κ3) is 7.93. The Balaban J connectivity index is 1.17. The van der Waals surface area contributed by atoms with E-state index < -0.39 is 0 Å². The molecule has 176 valence electrons. The third-order valence-corrected chi connectivity index (χ3v) is 5.78. The summed E-state index contributed by atoms with van der Waals surface area (Å²) < 4.78 is 5.97. The number of anilines is 1. The molecule has 4 rings (SSSR count). The molecule has 4 aromatic carbocycles. The fourth-order valence-corrected chi connectivity index (χ4v) is 3.69. The number of ether oxygens (including phenoxy) is 1. The van der Waals surface area contributed by atoms with Crippen molar-refractivity contribution >= 4 is 17.3 Å². The van der Waals surface area contributed by atoms with Crippen molar-refractivity contribution in [1.29, 1.82) is 0 Å². The van der Waals surface area contributed by atoms with Crippen molar-refractivity contribution in [3.05, 3.63) is 130 Å². The van der Waals surface area contributed by atoms with Crippen molar-refractivity contribution in [2.45, 2.75) is 20.0 Å². The quantitative estimate of drug-likeness (QED) is 0.203. The van der Waals surface area contributed by atoms with Crippen molar-refractivity contribution in [2.75, 3.05) is 18.5 Å². The molecular weight excluding hydrogens is 452 g/mol. The maximum absolute atomic E-state index is 5.97. The predicted molar refractivity (Wildman–Crippen MR) is 146 cm³/mol. The number of para-hydroxylation sites is 1. The Hall–Kier alpha value is -3.71. The number of hydrogen-bond donors (Lipinski definition) is 2. The fraction of sp³-hybridized carbons (Fsp3) is 0.161. The van der Waals surface area contributed by atoms with E-state index >= 15 is 0 Å². The summed E-state index contributed by atoms with van der Waals surface area (Å²) in [4.78, 5) is 0. The van der Waals surface area contributed by atoms with Crippen LogP contribution in [0.5, 0.6) is 5.75 Å². The third-order valence-electron chi connectivity index (χ3n) is 5.53. The zero-order valence-electron chi connectivity index (χ0n) is 19.9. The zero-order chi connectivity index (χ0) is 24.3. The van der Waals surface area contributed by atoms with Crippen LogP contribution in [0.2, 0.25) is 5.02 Å². The highest BCUT2D eigenvalue weighted by atomic mass is 35.5. The minimum atomic E-state index is 0.607. The van der Waals surface area contributed by atoms with Gasteiger partial charge in [0.1, 0.15) is 12.4 Å². The van der Waals surface area contributed by atoms with Gasteiger partial charge in [-0.05, 0) is 78.2 Å². The summed E-state index contributed by atoms with van der Waals surface area (Å²) in [6.45, 7) is 5.05. The molecule has 0 atom stereocenters. The van der Waals surface area contributed by atoms with Gasteiger partial charge in [0, 0.05) is 41.5 Å². The van der Waals surface area contributed by atoms with Crippen molar-refractivity contribution < 1.29 is 4.74 Å². The summed E-state index contributed by atoms with van der Waals surface area (Å²) >= 11 is 5.92. The molecule has 4 heteroatoms. The molecular formula is C31H29ClN2O. The molecule has 2 N–H and O–H groups in total. The summed E-state index contributed by atoms with van der Waals surface area (Å²) in [5.74, 6) is 7.25. The maximum Gasteiger partial charge on any atom is 0.122 e. The Bertz CT molecular complexity index is 1270. The van der Waals surface area contributed by atoms with Gasteiger partial charge in [-0.2, -0.15) is 0 Å². The first-order valence-electron chi connectivity index (χ1n) is 11.7. The van der Waals surface area contributed by atoms with E-state index in [1.807, 2.05) is 61.5 Å². The van der Waals surface area contributed by atoms with Crippen molar-refractivity contribution in [3.8, 4) is 17.6 Å².